The third-order valence-corrected chi connectivity index (χ3v) is 4.94. The van der Waals surface area contributed by atoms with Crippen molar-refractivity contribution in [3.8, 4) is 11.5 Å². The Morgan fingerprint density at radius 2 is 1.38 bits per heavy atom. The SMILES string of the molecule is O=C(c1ccccc1C(F)(F)F)N1CCN(C(=O)c2cccc3c2OCO3)CC1. The molecule has 29 heavy (non-hydrogen) atoms. The Morgan fingerprint density at radius 3 is 2.03 bits per heavy atom. The van der Waals surface area contributed by atoms with Gasteiger partial charge in [-0.15, -0.1) is 0 Å². The number of fused-ring (bicyclic) bond motifs is 1. The van der Waals surface area contributed by atoms with Crippen LogP contribution < -0.4 is 9.47 Å². The van der Waals surface area contributed by atoms with Gasteiger partial charge in [0, 0.05) is 26.2 Å². The number of benzene rings is 2. The zero-order valence-electron chi connectivity index (χ0n) is 15.2. The number of para-hydroxylation sites is 1. The van der Waals surface area contributed by atoms with Crippen LogP contribution in [0.1, 0.15) is 26.3 Å². The standard InChI is InChI=1S/C20H17F3N2O4/c21-20(22,23)15-6-2-1-4-13(15)18(26)24-8-10-25(11-9-24)19(27)14-5-3-7-16-17(14)29-12-28-16/h1-7H,8-12H2. The van der Waals surface area contributed by atoms with E-state index in [0.717, 1.165) is 6.07 Å². The lowest BCUT2D eigenvalue weighted by Gasteiger charge is -2.35. The molecule has 0 atom stereocenters. The van der Waals surface area contributed by atoms with Crippen LogP contribution in [0.4, 0.5) is 13.2 Å². The topological polar surface area (TPSA) is 59.1 Å². The first-order valence-electron chi connectivity index (χ1n) is 8.99. The number of piperazine rings is 1. The zero-order valence-corrected chi connectivity index (χ0v) is 15.2. The van der Waals surface area contributed by atoms with Gasteiger partial charge in [-0.25, -0.2) is 0 Å². The highest BCUT2D eigenvalue weighted by Crippen LogP contribution is 2.36. The fourth-order valence-electron chi connectivity index (χ4n) is 3.47. The van der Waals surface area contributed by atoms with E-state index in [0.29, 0.717) is 17.1 Å². The summed E-state index contributed by atoms with van der Waals surface area (Å²) in [7, 11) is 0. The first-order valence-corrected chi connectivity index (χ1v) is 8.99. The Kier molecular flexibility index (Phi) is 4.81. The van der Waals surface area contributed by atoms with E-state index in [1.54, 1.807) is 23.1 Å². The normalized spacial score (nSPS) is 16.1. The van der Waals surface area contributed by atoms with Gasteiger partial charge in [0.1, 0.15) is 0 Å². The molecule has 0 aliphatic carbocycles. The summed E-state index contributed by atoms with van der Waals surface area (Å²) in [6.45, 7) is 0.749. The molecule has 0 aromatic heterocycles. The molecular formula is C20H17F3N2O4. The van der Waals surface area contributed by atoms with Crippen molar-refractivity contribution in [2.45, 2.75) is 6.18 Å². The summed E-state index contributed by atoms with van der Waals surface area (Å²) in [5.41, 5.74) is -0.978. The number of rotatable bonds is 2. The van der Waals surface area contributed by atoms with Gasteiger partial charge in [-0.2, -0.15) is 13.2 Å². The molecule has 152 valence electrons. The number of alkyl halides is 3. The molecule has 2 heterocycles. The van der Waals surface area contributed by atoms with E-state index in [-0.39, 0.29) is 44.4 Å². The van der Waals surface area contributed by atoms with E-state index in [4.69, 9.17) is 9.47 Å². The van der Waals surface area contributed by atoms with E-state index >= 15 is 0 Å². The van der Waals surface area contributed by atoms with Crippen molar-refractivity contribution < 1.29 is 32.2 Å². The molecule has 2 aliphatic rings. The quantitative estimate of drug-likeness (QED) is 0.770. The van der Waals surface area contributed by atoms with Gasteiger partial charge in [-0.05, 0) is 24.3 Å². The molecular weight excluding hydrogens is 389 g/mol. The molecule has 1 fully saturated rings. The summed E-state index contributed by atoms with van der Waals surface area (Å²) >= 11 is 0. The number of carbonyl (C=O) groups excluding carboxylic acids is 2. The summed E-state index contributed by atoms with van der Waals surface area (Å²) in [5.74, 6) is -0.0824. The molecule has 2 aromatic carbocycles. The zero-order chi connectivity index (χ0) is 20.6. The Morgan fingerprint density at radius 1 is 0.793 bits per heavy atom. The molecule has 2 aliphatic heterocycles. The lowest BCUT2D eigenvalue weighted by atomic mass is 10.1. The van der Waals surface area contributed by atoms with Crippen molar-refractivity contribution >= 4 is 11.8 Å². The maximum atomic E-state index is 13.2. The third kappa shape index (κ3) is 3.59. The van der Waals surface area contributed by atoms with Crippen LogP contribution in [0.25, 0.3) is 0 Å². The van der Waals surface area contributed by atoms with Crippen molar-refractivity contribution in [3.63, 3.8) is 0 Å². The lowest BCUT2D eigenvalue weighted by Crippen LogP contribution is -2.50. The molecule has 2 amide bonds. The molecule has 0 unspecified atom stereocenters. The van der Waals surface area contributed by atoms with Gasteiger partial charge >= 0.3 is 6.18 Å². The monoisotopic (exact) mass is 406 g/mol. The molecule has 0 N–H and O–H groups in total. The third-order valence-electron chi connectivity index (χ3n) is 4.94. The second kappa shape index (κ2) is 7.31. The summed E-state index contributed by atoms with van der Waals surface area (Å²) in [4.78, 5) is 28.4. The van der Waals surface area contributed by atoms with Crippen LogP contribution in [-0.4, -0.2) is 54.6 Å². The van der Waals surface area contributed by atoms with Gasteiger partial charge in [0.25, 0.3) is 11.8 Å². The number of hydrogen-bond acceptors (Lipinski definition) is 4. The smallest absolute Gasteiger partial charge is 0.417 e. The van der Waals surface area contributed by atoms with Crippen LogP contribution >= 0.6 is 0 Å². The lowest BCUT2D eigenvalue weighted by molar-refractivity contribution is -0.138. The first kappa shape index (κ1) is 19.1. The molecule has 9 heteroatoms. The van der Waals surface area contributed by atoms with E-state index in [1.165, 1.54) is 23.1 Å². The van der Waals surface area contributed by atoms with E-state index in [9.17, 15) is 22.8 Å². The largest absolute Gasteiger partial charge is 0.454 e. The van der Waals surface area contributed by atoms with Crippen molar-refractivity contribution in [1.82, 2.24) is 9.80 Å². The van der Waals surface area contributed by atoms with Crippen molar-refractivity contribution in [3.05, 3.63) is 59.2 Å². The highest BCUT2D eigenvalue weighted by Gasteiger charge is 2.37. The fraction of sp³-hybridized carbons (Fsp3) is 0.300. The molecule has 6 nitrogen and oxygen atoms in total. The molecule has 0 saturated carbocycles. The molecule has 0 bridgehead atoms. The fourth-order valence-corrected chi connectivity index (χ4v) is 3.47. The number of amides is 2. The van der Waals surface area contributed by atoms with Gasteiger partial charge in [-0.1, -0.05) is 18.2 Å². The second-order valence-corrected chi connectivity index (χ2v) is 6.67. The maximum Gasteiger partial charge on any atom is 0.417 e. The van der Waals surface area contributed by atoms with Crippen molar-refractivity contribution in [2.24, 2.45) is 0 Å². The Labute approximate surface area is 164 Å². The minimum atomic E-state index is -4.61. The molecule has 0 radical (unpaired) electrons. The number of halogens is 3. The summed E-state index contributed by atoms with van der Waals surface area (Å²) in [5, 5.41) is 0. The number of ether oxygens (including phenoxy) is 2. The predicted octanol–water partition coefficient (Wildman–Crippen LogP) is 3.03. The van der Waals surface area contributed by atoms with Crippen LogP contribution in [0.3, 0.4) is 0 Å². The maximum absolute atomic E-state index is 13.2. The highest BCUT2D eigenvalue weighted by atomic mass is 19.4. The highest BCUT2D eigenvalue weighted by molar-refractivity contribution is 5.99. The van der Waals surface area contributed by atoms with Crippen LogP contribution in [0, 0.1) is 0 Å². The van der Waals surface area contributed by atoms with Crippen LogP contribution in [0.5, 0.6) is 11.5 Å². The van der Waals surface area contributed by atoms with Gasteiger partial charge < -0.3 is 19.3 Å². The molecule has 1 saturated heterocycles. The number of nitrogens with zero attached hydrogens (tertiary/aromatic N) is 2. The molecule has 0 spiro atoms. The van der Waals surface area contributed by atoms with E-state index in [2.05, 4.69) is 0 Å². The Bertz CT molecular complexity index is 953. The molecule has 2 aromatic rings. The summed E-state index contributed by atoms with van der Waals surface area (Å²) in [6, 6.07) is 9.74. The average Bonchev–Trinajstić information content (AvgIpc) is 3.21. The number of carbonyl (C=O) groups is 2. The second-order valence-electron chi connectivity index (χ2n) is 6.67. The van der Waals surface area contributed by atoms with Crippen LogP contribution in [0.2, 0.25) is 0 Å². The van der Waals surface area contributed by atoms with E-state index in [1.807, 2.05) is 0 Å². The van der Waals surface area contributed by atoms with Crippen LogP contribution in [0.15, 0.2) is 42.5 Å². The average molecular weight is 406 g/mol. The van der Waals surface area contributed by atoms with E-state index < -0.39 is 17.6 Å². The summed E-state index contributed by atoms with van der Waals surface area (Å²) < 4.78 is 50.2. The Balaban J connectivity index is 1.46. The first-order chi connectivity index (χ1) is 13.9. The number of hydrogen-bond donors (Lipinski definition) is 0. The van der Waals surface area contributed by atoms with Gasteiger partial charge in [0.15, 0.2) is 11.5 Å². The minimum Gasteiger partial charge on any atom is -0.454 e. The van der Waals surface area contributed by atoms with Crippen molar-refractivity contribution in [2.75, 3.05) is 33.0 Å². The van der Waals surface area contributed by atoms with Gasteiger partial charge in [0.05, 0.1) is 16.7 Å². The molecule has 4 rings (SSSR count). The Hall–Kier alpha value is -3.23. The summed E-state index contributed by atoms with van der Waals surface area (Å²) in [6.07, 6.45) is -4.61. The van der Waals surface area contributed by atoms with Gasteiger partial charge in [-0.3, -0.25) is 9.59 Å². The van der Waals surface area contributed by atoms with Crippen molar-refractivity contribution in [1.29, 1.82) is 0 Å². The van der Waals surface area contributed by atoms with Crippen LogP contribution in [-0.2, 0) is 6.18 Å². The minimum absolute atomic E-state index is 0.0422. The van der Waals surface area contributed by atoms with Gasteiger partial charge in [0.2, 0.25) is 6.79 Å². The predicted molar refractivity (Wildman–Crippen MR) is 95.8 cm³/mol.